The maximum atomic E-state index is 14.4. The summed E-state index contributed by atoms with van der Waals surface area (Å²) in [6.45, 7) is 16.2. The second-order valence-corrected chi connectivity index (χ2v) is 18.8. The van der Waals surface area contributed by atoms with Gasteiger partial charge in [0.15, 0.2) is 0 Å². The number of aryl methyl sites for hydroxylation is 1. The van der Waals surface area contributed by atoms with Crippen LogP contribution in [0.5, 0.6) is 5.75 Å². The van der Waals surface area contributed by atoms with E-state index in [4.69, 9.17) is 14.5 Å². The fourth-order valence-corrected chi connectivity index (χ4v) is 9.71. The van der Waals surface area contributed by atoms with E-state index in [0.29, 0.717) is 64.1 Å². The number of ether oxygens (including phenoxy) is 2. The van der Waals surface area contributed by atoms with E-state index in [1.807, 2.05) is 39.0 Å². The average Bonchev–Trinajstić information content (AvgIpc) is 3.89. The summed E-state index contributed by atoms with van der Waals surface area (Å²) < 4.78 is 13.4. The van der Waals surface area contributed by atoms with Gasteiger partial charge in [0.1, 0.15) is 17.8 Å². The molecular formula is C50H69N7O8. The Labute approximate surface area is 383 Å². The number of aliphatic hydroxyl groups excluding tert-OH is 1. The first-order valence-electron chi connectivity index (χ1n) is 23.1. The minimum Gasteiger partial charge on any atom is -0.508 e. The molecule has 15 heteroatoms. The van der Waals surface area contributed by atoms with Crippen molar-refractivity contribution in [3.63, 3.8) is 0 Å². The Bertz CT molecular complexity index is 2300. The van der Waals surface area contributed by atoms with Gasteiger partial charge in [-0.2, -0.15) is 0 Å². The Balaban J connectivity index is 1.38. The van der Waals surface area contributed by atoms with E-state index >= 15 is 0 Å². The summed E-state index contributed by atoms with van der Waals surface area (Å²) in [7, 11) is 3.32. The minimum absolute atomic E-state index is 0.0103. The van der Waals surface area contributed by atoms with Crippen LogP contribution in [0.1, 0.15) is 83.7 Å². The van der Waals surface area contributed by atoms with Crippen LogP contribution < -0.4 is 10.7 Å². The van der Waals surface area contributed by atoms with Gasteiger partial charge in [-0.25, -0.2) is 5.43 Å². The third-order valence-corrected chi connectivity index (χ3v) is 13.0. The van der Waals surface area contributed by atoms with Crippen LogP contribution in [0, 0.1) is 17.3 Å². The van der Waals surface area contributed by atoms with E-state index in [1.165, 1.54) is 4.90 Å². The molecule has 4 atom stereocenters. The van der Waals surface area contributed by atoms with Crippen LogP contribution in [0.15, 0.2) is 54.7 Å². The molecule has 2 aromatic heterocycles. The number of aliphatic hydroxyl groups is 1. The van der Waals surface area contributed by atoms with Crippen molar-refractivity contribution < 1.29 is 38.9 Å². The number of likely N-dealkylation sites (N-methyl/N-ethyl adjacent to an activating group) is 1. The first-order chi connectivity index (χ1) is 31.1. The summed E-state index contributed by atoms with van der Waals surface area (Å²) in [5.74, 6) is -1.40. The van der Waals surface area contributed by atoms with Crippen molar-refractivity contribution in [2.75, 3.05) is 60.1 Å². The summed E-state index contributed by atoms with van der Waals surface area (Å²) in [5, 5.41) is 26.4. The highest BCUT2D eigenvalue weighted by atomic mass is 16.5. The topological polar surface area (TPSA) is 179 Å². The number of benzene rings is 2. The lowest BCUT2D eigenvalue weighted by Gasteiger charge is -2.35. The Hall–Kier alpha value is -5.35. The predicted octanol–water partition coefficient (Wildman–Crippen LogP) is 5.50. The average molecular weight is 896 g/mol. The van der Waals surface area contributed by atoms with Crippen molar-refractivity contribution in [1.82, 2.24) is 35.1 Å². The highest BCUT2D eigenvalue weighted by Gasteiger charge is 2.38. The van der Waals surface area contributed by atoms with Gasteiger partial charge < -0.3 is 39.4 Å². The number of hydrogen-bond acceptors (Lipinski definition) is 11. The number of hydrazine groups is 1. The van der Waals surface area contributed by atoms with Crippen LogP contribution in [-0.2, 0) is 48.0 Å². The summed E-state index contributed by atoms with van der Waals surface area (Å²) in [4.78, 5) is 62.2. The SMILES string of the molecule is CCn1c(-c2cccnc2C(C)OC)c(CC(C)(C)COC=O)c2cc(-c3cc(O)cc(CC(NC(=O)C(C(C)C)N(C)C(=O)C4CCN(CCO)C4)C(=O)N4CCCCN4)c3)ccc21. The highest BCUT2D eigenvalue weighted by molar-refractivity contribution is 5.96. The lowest BCUT2D eigenvalue weighted by molar-refractivity contribution is -0.145. The summed E-state index contributed by atoms with van der Waals surface area (Å²) in [6, 6.07) is 13.7. The number of carbonyl (C=O) groups is 4. The van der Waals surface area contributed by atoms with E-state index in [9.17, 15) is 29.4 Å². The molecule has 0 spiro atoms. The molecule has 65 heavy (non-hydrogen) atoms. The Kier molecular flexibility index (Phi) is 16.4. The number of aromatic nitrogens is 2. The molecule has 352 valence electrons. The number of phenolic OH excluding ortho intramolecular Hbond substituents is 1. The first-order valence-corrected chi connectivity index (χ1v) is 23.1. The molecule has 2 saturated heterocycles. The molecular weight excluding hydrogens is 827 g/mol. The largest absolute Gasteiger partial charge is 0.508 e. The van der Waals surface area contributed by atoms with Crippen LogP contribution in [0.2, 0.25) is 0 Å². The van der Waals surface area contributed by atoms with Gasteiger partial charge in [0.25, 0.3) is 12.4 Å². The Morgan fingerprint density at radius 2 is 1.86 bits per heavy atom. The number of fused-ring (bicyclic) bond motifs is 1. The van der Waals surface area contributed by atoms with Gasteiger partial charge in [0.2, 0.25) is 11.8 Å². The number of hydrogen-bond donors (Lipinski definition) is 4. The normalized spacial score (nSPS) is 17.3. The Morgan fingerprint density at radius 3 is 2.54 bits per heavy atom. The van der Waals surface area contributed by atoms with E-state index in [-0.39, 0.29) is 55.1 Å². The number of rotatable bonds is 20. The molecule has 0 bridgehead atoms. The number of aromatic hydroxyl groups is 1. The maximum absolute atomic E-state index is 14.4. The molecule has 4 unspecified atom stereocenters. The first kappa shape index (κ1) is 49.1. The van der Waals surface area contributed by atoms with Crippen molar-refractivity contribution >= 4 is 35.1 Å². The molecule has 0 radical (unpaired) electrons. The molecule has 2 fully saturated rings. The van der Waals surface area contributed by atoms with Gasteiger partial charge in [-0.05, 0) is 111 Å². The standard InChI is InChI=1S/C50H69N7O8/c1-9-56-43-15-14-35(27-40(43)41(28-50(5,6)30-65-31-59)46(56)39-13-12-17-51-44(39)33(4)64-8)37-23-34(24-38(60)26-37)25-42(49(63)57-19-11-10-18-52-57)53-47(61)45(32(2)3)54(7)48(62)36-16-20-55(29-36)21-22-58/h12-15,17,23-24,26-27,31-33,36,42,45,52,58,60H,9-11,16,18-22,25,28-30H2,1-8H3,(H,53,61). The van der Waals surface area contributed by atoms with Crippen molar-refractivity contribution in [3.05, 3.63) is 71.5 Å². The number of carbonyl (C=O) groups excluding carboxylic acids is 4. The van der Waals surface area contributed by atoms with Gasteiger partial charge in [0.05, 0.1) is 36.6 Å². The second-order valence-electron chi connectivity index (χ2n) is 18.8. The van der Waals surface area contributed by atoms with E-state index in [1.54, 1.807) is 37.5 Å². The molecule has 15 nitrogen and oxygen atoms in total. The number of β-amino-alcohol motifs (C(OH)–C–C–N with tert-alkyl or cyclic N) is 1. The quantitative estimate of drug-likeness (QED) is 0.0825. The summed E-state index contributed by atoms with van der Waals surface area (Å²) >= 11 is 0. The molecule has 2 aliphatic heterocycles. The molecule has 4 aromatic rings. The smallest absolute Gasteiger partial charge is 0.293 e. The van der Waals surface area contributed by atoms with E-state index in [2.05, 4.69) is 59.2 Å². The van der Waals surface area contributed by atoms with Crippen LogP contribution in [0.25, 0.3) is 33.3 Å². The van der Waals surface area contributed by atoms with Crippen LogP contribution in [0.3, 0.4) is 0 Å². The van der Waals surface area contributed by atoms with Gasteiger partial charge in [0, 0.05) is 81.4 Å². The zero-order valence-corrected chi connectivity index (χ0v) is 39.4. The third kappa shape index (κ3) is 11.4. The number of nitrogens with zero attached hydrogens (tertiary/aromatic N) is 5. The fourth-order valence-electron chi connectivity index (χ4n) is 9.71. The molecule has 0 aliphatic carbocycles. The van der Waals surface area contributed by atoms with Gasteiger partial charge >= 0.3 is 0 Å². The van der Waals surface area contributed by atoms with Crippen LogP contribution >= 0.6 is 0 Å². The van der Waals surface area contributed by atoms with Crippen LogP contribution in [-0.4, -0.2) is 131 Å². The molecule has 4 N–H and O–H groups in total. The molecule has 2 aromatic carbocycles. The fraction of sp³-hybridized carbons (Fsp3) is 0.540. The lowest BCUT2D eigenvalue weighted by Crippen LogP contribution is -2.59. The number of phenols is 1. The van der Waals surface area contributed by atoms with Gasteiger partial charge in [-0.3, -0.25) is 29.2 Å². The van der Waals surface area contributed by atoms with Gasteiger partial charge in [-0.1, -0.05) is 39.8 Å². The number of pyridine rings is 1. The summed E-state index contributed by atoms with van der Waals surface area (Å²) in [5.41, 5.74) is 9.79. The third-order valence-electron chi connectivity index (χ3n) is 13.0. The molecule has 6 rings (SSSR count). The van der Waals surface area contributed by atoms with Crippen molar-refractivity contribution in [3.8, 4) is 28.1 Å². The minimum atomic E-state index is -1.01. The zero-order valence-electron chi connectivity index (χ0n) is 39.4. The number of amides is 3. The molecule has 4 heterocycles. The number of likely N-dealkylation sites (tertiary alicyclic amines) is 1. The van der Waals surface area contributed by atoms with E-state index in [0.717, 1.165) is 57.4 Å². The van der Waals surface area contributed by atoms with Crippen molar-refractivity contribution in [1.29, 1.82) is 0 Å². The lowest BCUT2D eigenvalue weighted by atomic mass is 9.84. The van der Waals surface area contributed by atoms with Crippen LogP contribution in [0.4, 0.5) is 0 Å². The Morgan fingerprint density at radius 1 is 1.08 bits per heavy atom. The monoisotopic (exact) mass is 896 g/mol. The molecule has 3 amide bonds. The zero-order chi connectivity index (χ0) is 47.0. The van der Waals surface area contributed by atoms with Gasteiger partial charge in [-0.15, -0.1) is 0 Å². The highest BCUT2D eigenvalue weighted by Crippen LogP contribution is 2.42. The molecule has 0 saturated carbocycles. The molecule has 2 aliphatic rings. The number of nitrogens with one attached hydrogen (secondary N) is 2. The van der Waals surface area contributed by atoms with E-state index < -0.39 is 23.4 Å². The summed E-state index contributed by atoms with van der Waals surface area (Å²) in [6.07, 6.45) is 4.53. The van der Waals surface area contributed by atoms with Crippen molar-refractivity contribution in [2.24, 2.45) is 17.3 Å². The second kappa shape index (κ2) is 21.8. The maximum Gasteiger partial charge on any atom is 0.293 e. The predicted molar refractivity (Wildman–Crippen MR) is 250 cm³/mol. The van der Waals surface area contributed by atoms with Crippen molar-refractivity contribution in [2.45, 2.75) is 98.4 Å². The number of methoxy groups -OCH3 is 1.